The number of rotatable bonds is 6. The normalized spacial score (nSPS) is 17.1. The Morgan fingerprint density at radius 1 is 1.12 bits per heavy atom. The third kappa shape index (κ3) is 4.38. The molecule has 0 radical (unpaired) electrons. The molecule has 1 atom stereocenters. The first-order valence-electron chi connectivity index (χ1n) is 11.3. The van der Waals surface area contributed by atoms with Crippen LogP contribution in [0, 0.1) is 0 Å². The molecule has 2 aliphatic rings. The smallest absolute Gasteiger partial charge is 0.257 e. The van der Waals surface area contributed by atoms with Gasteiger partial charge in [-0.05, 0) is 49.1 Å². The summed E-state index contributed by atoms with van der Waals surface area (Å²) in [7, 11) is 0. The number of ketones is 1. The van der Waals surface area contributed by atoms with Gasteiger partial charge in [-0.25, -0.2) is 4.98 Å². The molecule has 2 N–H and O–H groups in total. The summed E-state index contributed by atoms with van der Waals surface area (Å²) in [4.78, 5) is 34.0. The number of allylic oxidation sites excluding steroid dienone is 2. The van der Waals surface area contributed by atoms with Crippen LogP contribution >= 0.6 is 23.4 Å². The maximum absolute atomic E-state index is 13.4. The number of aromatic amines is 1. The summed E-state index contributed by atoms with van der Waals surface area (Å²) in [6, 6.07) is 15.2. The zero-order valence-electron chi connectivity index (χ0n) is 18.7. The van der Waals surface area contributed by atoms with Gasteiger partial charge < -0.3 is 15.0 Å². The maximum atomic E-state index is 13.4. The maximum Gasteiger partial charge on any atom is 0.257 e. The van der Waals surface area contributed by atoms with Gasteiger partial charge in [0.1, 0.15) is 11.6 Å². The number of carbonyl (C=O) groups excluding carboxylic acids is 1. The fourth-order valence-corrected chi connectivity index (χ4v) is 5.67. The lowest BCUT2D eigenvalue weighted by Gasteiger charge is -2.32. The second kappa shape index (κ2) is 9.68. The Labute approximate surface area is 206 Å². The molecule has 34 heavy (non-hydrogen) atoms. The number of carbonyl (C=O) groups is 1. The number of hydrogen-bond acceptors (Lipinski definition) is 6. The van der Waals surface area contributed by atoms with Gasteiger partial charge in [0, 0.05) is 34.4 Å². The number of nitrogens with one attached hydrogen (secondary N) is 2. The summed E-state index contributed by atoms with van der Waals surface area (Å²) in [5, 5.41) is 4.50. The van der Waals surface area contributed by atoms with Crippen LogP contribution < -0.4 is 15.6 Å². The molecule has 8 heteroatoms. The Morgan fingerprint density at radius 3 is 2.68 bits per heavy atom. The van der Waals surface area contributed by atoms with Crippen LogP contribution in [0.25, 0.3) is 0 Å². The molecule has 174 valence electrons. The molecule has 0 saturated heterocycles. The van der Waals surface area contributed by atoms with Crippen LogP contribution in [0.4, 0.5) is 5.82 Å². The van der Waals surface area contributed by atoms with E-state index in [1.807, 2.05) is 55.5 Å². The van der Waals surface area contributed by atoms with Crippen molar-refractivity contribution in [2.45, 2.75) is 43.0 Å². The van der Waals surface area contributed by atoms with E-state index in [9.17, 15) is 9.59 Å². The number of thioether (sulfide) groups is 1. The number of fused-ring (bicyclic) bond motifs is 1. The molecule has 0 fully saturated rings. The Kier molecular flexibility index (Phi) is 6.48. The van der Waals surface area contributed by atoms with Crippen molar-refractivity contribution in [3.8, 4) is 5.75 Å². The van der Waals surface area contributed by atoms with E-state index in [0.717, 1.165) is 35.4 Å². The van der Waals surface area contributed by atoms with Crippen molar-refractivity contribution in [2.75, 3.05) is 11.9 Å². The molecule has 0 saturated carbocycles. The molecule has 3 aromatic rings. The highest BCUT2D eigenvalue weighted by Crippen LogP contribution is 2.43. The summed E-state index contributed by atoms with van der Waals surface area (Å²) in [6.45, 7) is 2.50. The van der Waals surface area contributed by atoms with Gasteiger partial charge in [-0.1, -0.05) is 53.7 Å². The molecule has 1 aliphatic heterocycles. The standard InChI is InChI=1S/C26H24ClN3O3S/c1-2-33-17-12-10-15(11-13-17)21-22-19(8-5-9-20(22)31)28-24-23(21)25(32)30-26(29-24)34-14-16-6-3-4-7-18(16)27/h3-4,6-7,10-13,21H,2,5,8-9,14H2,1H3,(H2,28,29,30,32)/t21-/m1/s1. The van der Waals surface area contributed by atoms with Crippen LogP contribution in [0.5, 0.6) is 5.75 Å². The van der Waals surface area contributed by atoms with Crippen LogP contribution in [0.15, 0.2) is 69.8 Å². The Hall–Kier alpha value is -3.03. The lowest BCUT2D eigenvalue weighted by molar-refractivity contribution is -0.116. The SMILES string of the molecule is CCOc1ccc([C@@H]2C3=C(CCCC3=O)Nc3nc(SCc4ccccc4Cl)[nH]c(=O)c32)cc1. The van der Waals surface area contributed by atoms with E-state index in [1.165, 1.54) is 11.8 Å². The summed E-state index contributed by atoms with van der Waals surface area (Å²) in [5.41, 5.74) is 3.60. The molecule has 1 aliphatic carbocycles. The highest BCUT2D eigenvalue weighted by atomic mass is 35.5. The van der Waals surface area contributed by atoms with Crippen molar-refractivity contribution >= 4 is 35.0 Å². The first-order chi connectivity index (χ1) is 16.5. The van der Waals surface area contributed by atoms with Crippen molar-refractivity contribution in [1.29, 1.82) is 0 Å². The molecule has 0 amide bonds. The zero-order valence-corrected chi connectivity index (χ0v) is 20.3. The van der Waals surface area contributed by atoms with Gasteiger partial charge >= 0.3 is 0 Å². The number of hydrogen-bond donors (Lipinski definition) is 2. The number of ether oxygens (including phenoxy) is 1. The lowest BCUT2D eigenvalue weighted by Crippen LogP contribution is -2.32. The number of Topliss-reactive ketones (excluding diaryl/α,β-unsaturated/α-hetero) is 1. The highest BCUT2D eigenvalue weighted by Gasteiger charge is 2.37. The Bertz CT molecular complexity index is 1330. The van der Waals surface area contributed by atoms with Crippen molar-refractivity contribution in [3.05, 3.63) is 91.9 Å². The largest absolute Gasteiger partial charge is 0.494 e. The molecule has 2 heterocycles. The van der Waals surface area contributed by atoms with E-state index in [1.54, 1.807) is 0 Å². The van der Waals surface area contributed by atoms with Gasteiger partial charge in [-0.3, -0.25) is 9.59 Å². The minimum atomic E-state index is -0.464. The Morgan fingerprint density at radius 2 is 1.91 bits per heavy atom. The predicted octanol–water partition coefficient (Wildman–Crippen LogP) is 5.68. The molecule has 5 rings (SSSR count). The van der Waals surface area contributed by atoms with Crippen LogP contribution in [0.2, 0.25) is 5.02 Å². The predicted molar refractivity (Wildman–Crippen MR) is 135 cm³/mol. The van der Waals surface area contributed by atoms with E-state index in [0.29, 0.717) is 45.9 Å². The fourth-order valence-electron chi connectivity index (χ4n) is 4.53. The topological polar surface area (TPSA) is 84.1 Å². The van der Waals surface area contributed by atoms with Crippen LogP contribution in [0.3, 0.4) is 0 Å². The van der Waals surface area contributed by atoms with Gasteiger partial charge in [-0.15, -0.1) is 0 Å². The number of aromatic nitrogens is 2. The van der Waals surface area contributed by atoms with E-state index in [-0.39, 0.29) is 11.3 Å². The molecule has 0 bridgehead atoms. The quantitative estimate of drug-likeness (QED) is 0.339. The molecule has 0 unspecified atom stereocenters. The number of H-pyrrole nitrogens is 1. The van der Waals surface area contributed by atoms with E-state index in [2.05, 4.69) is 10.3 Å². The summed E-state index contributed by atoms with van der Waals surface area (Å²) >= 11 is 7.70. The average Bonchev–Trinajstić information content (AvgIpc) is 2.83. The lowest BCUT2D eigenvalue weighted by atomic mass is 9.76. The van der Waals surface area contributed by atoms with Crippen LogP contribution in [-0.4, -0.2) is 22.4 Å². The number of halogens is 1. The van der Waals surface area contributed by atoms with Gasteiger partial charge in [0.15, 0.2) is 10.9 Å². The number of anilines is 1. The van der Waals surface area contributed by atoms with Gasteiger partial charge in [-0.2, -0.15) is 0 Å². The monoisotopic (exact) mass is 493 g/mol. The third-order valence-electron chi connectivity index (χ3n) is 6.08. The highest BCUT2D eigenvalue weighted by molar-refractivity contribution is 7.98. The second-order valence-corrected chi connectivity index (χ2v) is 9.61. The van der Waals surface area contributed by atoms with Crippen molar-refractivity contribution in [3.63, 3.8) is 0 Å². The first kappa shape index (κ1) is 22.7. The summed E-state index contributed by atoms with van der Waals surface area (Å²) < 4.78 is 5.57. The molecule has 2 aromatic carbocycles. The molecule has 6 nitrogen and oxygen atoms in total. The van der Waals surface area contributed by atoms with Crippen molar-refractivity contribution in [1.82, 2.24) is 9.97 Å². The minimum absolute atomic E-state index is 0.0786. The average molecular weight is 494 g/mol. The zero-order chi connectivity index (χ0) is 23.7. The molecular formula is C26H24ClN3O3S. The van der Waals surface area contributed by atoms with E-state index < -0.39 is 5.92 Å². The van der Waals surface area contributed by atoms with Gasteiger partial charge in [0.25, 0.3) is 5.56 Å². The number of benzene rings is 2. The van der Waals surface area contributed by atoms with Crippen molar-refractivity contribution in [2.24, 2.45) is 0 Å². The summed E-state index contributed by atoms with van der Waals surface area (Å²) in [6.07, 6.45) is 2.03. The molecule has 0 spiro atoms. The number of nitrogens with zero attached hydrogens (tertiary/aromatic N) is 1. The van der Waals surface area contributed by atoms with Crippen LogP contribution in [-0.2, 0) is 10.5 Å². The van der Waals surface area contributed by atoms with Gasteiger partial charge in [0.2, 0.25) is 0 Å². The first-order valence-corrected chi connectivity index (χ1v) is 12.7. The van der Waals surface area contributed by atoms with Crippen LogP contribution in [0.1, 0.15) is 48.8 Å². The van der Waals surface area contributed by atoms with Gasteiger partial charge in [0.05, 0.1) is 12.2 Å². The fraction of sp³-hybridized carbons (Fsp3) is 0.269. The van der Waals surface area contributed by atoms with E-state index >= 15 is 0 Å². The third-order valence-corrected chi connectivity index (χ3v) is 7.37. The molecular weight excluding hydrogens is 470 g/mol. The Balaban J connectivity index is 1.54. The van der Waals surface area contributed by atoms with E-state index in [4.69, 9.17) is 21.3 Å². The van der Waals surface area contributed by atoms with Crippen molar-refractivity contribution < 1.29 is 9.53 Å². The minimum Gasteiger partial charge on any atom is -0.494 e. The second-order valence-electron chi connectivity index (χ2n) is 8.24. The molecule has 1 aromatic heterocycles. The summed E-state index contributed by atoms with van der Waals surface area (Å²) in [5.74, 6) is 1.46.